The number of benzene rings is 1. The average Bonchev–Trinajstić information content (AvgIpc) is 2.94. The Morgan fingerprint density at radius 3 is 2.48 bits per heavy atom. The van der Waals surface area contributed by atoms with E-state index >= 15 is 0 Å². The minimum atomic E-state index is -0.419. The van der Waals surface area contributed by atoms with Gasteiger partial charge in [0.05, 0.1) is 31.6 Å². The van der Waals surface area contributed by atoms with Gasteiger partial charge in [-0.25, -0.2) is 0 Å². The van der Waals surface area contributed by atoms with Gasteiger partial charge in [-0.15, -0.1) is 0 Å². The highest BCUT2D eigenvalue weighted by molar-refractivity contribution is 5.95. The van der Waals surface area contributed by atoms with Gasteiger partial charge in [0.2, 0.25) is 0 Å². The molecule has 1 aromatic heterocycles. The molecule has 112 valence electrons. The van der Waals surface area contributed by atoms with Crippen LogP contribution in [0.3, 0.4) is 0 Å². The molecule has 2 rings (SSSR count). The predicted octanol–water partition coefficient (Wildman–Crippen LogP) is 2.40. The zero-order valence-corrected chi connectivity index (χ0v) is 12.4. The summed E-state index contributed by atoms with van der Waals surface area (Å²) in [5, 5.41) is 9.64. The summed E-state index contributed by atoms with van der Waals surface area (Å²) in [6.45, 7) is 1.58. The van der Waals surface area contributed by atoms with Crippen LogP contribution in [-0.2, 0) is 0 Å². The lowest BCUT2D eigenvalue weighted by atomic mass is 10.1. The van der Waals surface area contributed by atoms with Crippen LogP contribution in [0.5, 0.6) is 5.75 Å². The van der Waals surface area contributed by atoms with E-state index in [0.717, 1.165) is 11.3 Å². The standard InChI is InChI=1S/C16H19NO4/c1-11-14(8-9-21-11)16(19)17(2)15(10-18)12-4-6-13(20-3)7-5-12/h4-9,15,18H,10H2,1-3H3. The normalized spacial score (nSPS) is 12.0. The van der Waals surface area contributed by atoms with E-state index in [0.29, 0.717) is 11.3 Å². The van der Waals surface area contributed by atoms with Crippen LogP contribution in [0, 0.1) is 6.92 Å². The van der Waals surface area contributed by atoms with Gasteiger partial charge in [0.1, 0.15) is 11.5 Å². The first-order valence-corrected chi connectivity index (χ1v) is 6.64. The maximum absolute atomic E-state index is 12.5. The van der Waals surface area contributed by atoms with Crippen molar-refractivity contribution in [1.82, 2.24) is 4.90 Å². The molecule has 0 saturated carbocycles. The van der Waals surface area contributed by atoms with Gasteiger partial charge in [-0.3, -0.25) is 4.79 Å². The van der Waals surface area contributed by atoms with Crippen molar-refractivity contribution in [2.45, 2.75) is 13.0 Å². The summed E-state index contributed by atoms with van der Waals surface area (Å²) >= 11 is 0. The zero-order valence-electron chi connectivity index (χ0n) is 12.4. The molecule has 2 aromatic rings. The van der Waals surface area contributed by atoms with Gasteiger partial charge in [-0.1, -0.05) is 12.1 Å². The molecule has 0 spiro atoms. The molecule has 0 aliphatic heterocycles. The number of aryl methyl sites for hydroxylation is 1. The molecular formula is C16H19NO4. The number of rotatable bonds is 5. The lowest BCUT2D eigenvalue weighted by Crippen LogP contribution is -2.33. The number of aliphatic hydroxyl groups is 1. The third-order valence-corrected chi connectivity index (χ3v) is 3.55. The summed E-state index contributed by atoms with van der Waals surface area (Å²) in [5.41, 5.74) is 1.35. The summed E-state index contributed by atoms with van der Waals surface area (Å²) < 4.78 is 10.3. The monoisotopic (exact) mass is 289 g/mol. The van der Waals surface area contributed by atoms with E-state index in [4.69, 9.17) is 9.15 Å². The minimum Gasteiger partial charge on any atom is -0.497 e. The van der Waals surface area contributed by atoms with Crippen LogP contribution in [0.2, 0.25) is 0 Å². The summed E-state index contributed by atoms with van der Waals surface area (Å²) in [7, 11) is 3.26. The molecule has 1 amide bonds. The number of likely N-dealkylation sites (N-methyl/N-ethyl adjacent to an activating group) is 1. The second-order valence-electron chi connectivity index (χ2n) is 4.78. The SMILES string of the molecule is COc1ccc(C(CO)N(C)C(=O)c2ccoc2C)cc1. The number of hydrogen-bond donors (Lipinski definition) is 1. The Morgan fingerprint density at radius 1 is 1.33 bits per heavy atom. The second-order valence-corrected chi connectivity index (χ2v) is 4.78. The number of ether oxygens (including phenoxy) is 1. The van der Waals surface area contributed by atoms with E-state index in [1.165, 1.54) is 11.2 Å². The Morgan fingerprint density at radius 2 is 2.00 bits per heavy atom. The van der Waals surface area contributed by atoms with Crippen molar-refractivity contribution in [2.75, 3.05) is 20.8 Å². The van der Waals surface area contributed by atoms with Crippen LogP contribution < -0.4 is 4.74 Å². The first kappa shape index (κ1) is 15.1. The summed E-state index contributed by atoms with van der Waals surface area (Å²) in [6.07, 6.45) is 1.48. The summed E-state index contributed by atoms with van der Waals surface area (Å²) in [4.78, 5) is 14.0. The maximum Gasteiger partial charge on any atom is 0.257 e. The van der Waals surface area contributed by atoms with E-state index in [1.807, 2.05) is 12.1 Å². The molecule has 0 aliphatic rings. The Kier molecular flexibility index (Phi) is 4.65. The molecule has 1 heterocycles. The van der Waals surface area contributed by atoms with Crippen molar-refractivity contribution >= 4 is 5.91 Å². The Bertz CT molecular complexity index is 603. The number of nitrogens with zero attached hydrogens (tertiary/aromatic N) is 1. The molecule has 1 unspecified atom stereocenters. The third-order valence-electron chi connectivity index (χ3n) is 3.55. The molecule has 5 nitrogen and oxygen atoms in total. The number of carbonyl (C=O) groups is 1. The van der Waals surface area contributed by atoms with Gasteiger partial charge >= 0.3 is 0 Å². The van der Waals surface area contributed by atoms with Crippen LogP contribution >= 0.6 is 0 Å². The van der Waals surface area contributed by atoms with Crippen molar-refractivity contribution in [3.05, 3.63) is 53.5 Å². The third kappa shape index (κ3) is 3.08. The van der Waals surface area contributed by atoms with Crippen LogP contribution in [0.25, 0.3) is 0 Å². The topological polar surface area (TPSA) is 62.9 Å². The number of aliphatic hydroxyl groups excluding tert-OH is 1. The van der Waals surface area contributed by atoms with Gasteiger partial charge in [-0.2, -0.15) is 0 Å². The van der Waals surface area contributed by atoms with Crippen molar-refractivity contribution < 1.29 is 19.1 Å². The van der Waals surface area contributed by atoms with E-state index in [-0.39, 0.29) is 12.5 Å². The summed E-state index contributed by atoms with van der Waals surface area (Å²) in [5.74, 6) is 1.12. The molecule has 1 aromatic carbocycles. The van der Waals surface area contributed by atoms with E-state index < -0.39 is 6.04 Å². The van der Waals surface area contributed by atoms with Crippen molar-refractivity contribution in [3.8, 4) is 5.75 Å². The number of methoxy groups -OCH3 is 1. The fourth-order valence-corrected chi connectivity index (χ4v) is 2.22. The Hall–Kier alpha value is -2.27. The lowest BCUT2D eigenvalue weighted by molar-refractivity contribution is 0.0656. The van der Waals surface area contributed by atoms with Crippen LogP contribution in [0.4, 0.5) is 0 Å². The van der Waals surface area contributed by atoms with Gasteiger partial charge in [0.15, 0.2) is 0 Å². The Balaban J connectivity index is 2.23. The first-order valence-electron chi connectivity index (χ1n) is 6.64. The van der Waals surface area contributed by atoms with E-state index in [1.54, 1.807) is 39.3 Å². The number of hydrogen-bond acceptors (Lipinski definition) is 4. The highest BCUT2D eigenvalue weighted by Crippen LogP contribution is 2.24. The molecule has 1 N–H and O–H groups in total. The van der Waals surface area contributed by atoms with Crippen LogP contribution in [-0.4, -0.2) is 36.7 Å². The molecular weight excluding hydrogens is 270 g/mol. The quantitative estimate of drug-likeness (QED) is 0.918. The minimum absolute atomic E-state index is 0.161. The summed E-state index contributed by atoms with van der Waals surface area (Å²) in [6, 6.07) is 8.50. The highest BCUT2D eigenvalue weighted by atomic mass is 16.5. The largest absolute Gasteiger partial charge is 0.497 e. The van der Waals surface area contributed by atoms with Crippen LogP contribution in [0.1, 0.15) is 27.7 Å². The van der Waals surface area contributed by atoms with E-state index in [9.17, 15) is 9.90 Å². The predicted molar refractivity (Wildman–Crippen MR) is 78.4 cm³/mol. The van der Waals surface area contributed by atoms with E-state index in [2.05, 4.69) is 0 Å². The molecule has 0 saturated heterocycles. The smallest absolute Gasteiger partial charge is 0.257 e. The molecule has 1 atom stereocenters. The first-order chi connectivity index (χ1) is 10.1. The number of carbonyl (C=O) groups excluding carboxylic acids is 1. The maximum atomic E-state index is 12.5. The van der Waals surface area contributed by atoms with Gasteiger partial charge in [0.25, 0.3) is 5.91 Å². The highest BCUT2D eigenvalue weighted by Gasteiger charge is 2.24. The molecule has 0 aliphatic carbocycles. The molecule has 0 fully saturated rings. The fraction of sp³-hybridized carbons (Fsp3) is 0.312. The fourth-order valence-electron chi connectivity index (χ4n) is 2.22. The molecule has 0 radical (unpaired) electrons. The Labute approximate surface area is 123 Å². The number of furan rings is 1. The molecule has 5 heteroatoms. The van der Waals surface area contributed by atoms with Crippen molar-refractivity contribution in [3.63, 3.8) is 0 Å². The van der Waals surface area contributed by atoms with Gasteiger partial charge < -0.3 is 19.2 Å². The van der Waals surface area contributed by atoms with Crippen molar-refractivity contribution in [1.29, 1.82) is 0 Å². The van der Waals surface area contributed by atoms with Gasteiger partial charge in [0, 0.05) is 7.05 Å². The van der Waals surface area contributed by atoms with Crippen molar-refractivity contribution in [2.24, 2.45) is 0 Å². The second kappa shape index (κ2) is 6.45. The number of amides is 1. The van der Waals surface area contributed by atoms with Crippen LogP contribution in [0.15, 0.2) is 41.0 Å². The lowest BCUT2D eigenvalue weighted by Gasteiger charge is -2.27. The molecule has 21 heavy (non-hydrogen) atoms. The average molecular weight is 289 g/mol. The zero-order chi connectivity index (χ0) is 15.4. The van der Waals surface area contributed by atoms with Gasteiger partial charge in [-0.05, 0) is 30.7 Å². The molecule has 0 bridgehead atoms.